The molecule has 5 aromatic carbocycles. The first-order chi connectivity index (χ1) is 18.0. The molecule has 0 unspecified atom stereocenters. The van der Waals surface area contributed by atoms with Gasteiger partial charge in [-0.15, -0.1) is 0 Å². The molecule has 0 fully saturated rings. The zero-order chi connectivity index (χ0) is 24.6. The molecule has 0 atom stereocenters. The summed E-state index contributed by atoms with van der Waals surface area (Å²) in [4.78, 5) is 0. The summed E-state index contributed by atoms with van der Waals surface area (Å²) in [6.07, 6.45) is 0. The average Bonchev–Trinajstić information content (AvgIpc) is 3.43. The highest BCUT2D eigenvalue weighted by Gasteiger charge is 2.40. The number of benzene rings is 5. The molecule has 0 radical (unpaired) electrons. The van der Waals surface area contributed by atoms with E-state index >= 15 is 0 Å². The summed E-state index contributed by atoms with van der Waals surface area (Å²) in [5.74, 6) is 0. The van der Waals surface area contributed by atoms with Gasteiger partial charge >= 0.3 is 0 Å². The van der Waals surface area contributed by atoms with Crippen LogP contribution in [-0.4, -0.2) is 23.9 Å². The minimum Gasteiger partial charge on any atom is -0.310 e. The first kappa shape index (κ1) is 20.1. The maximum absolute atomic E-state index is 2.58. The van der Waals surface area contributed by atoms with Gasteiger partial charge < -0.3 is 9.13 Å². The summed E-state index contributed by atoms with van der Waals surface area (Å²) in [6.45, 7) is 7.58. The third-order valence-corrected chi connectivity index (χ3v) is 10.9. The normalized spacial score (nSPS) is 13.8. The first-order valence-electron chi connectivity index (χ1n) is 13.3. The molecule has 2 aromatic heterocycles. The molecular formula is C33H25BN2Si. The van der Waals surface area contributed by atoms with Gasteiger partial charge in [0.15, 0.2) is 0 Å². The molecule has 7 aromatic rings. The number of nitrogens with zero attached hydrogens (tertiary/aromatic N) is 2. The SMILES string of the molecule is C[Si](C)(C)c1ccc2c(c1)-n1c3ccccc3c3ccc4c(c31)B2c1cccc2c3ccccc3n-4c12. The van der Waals surface area contributed by atoms with Crippen molar-refractivity contribution in [3.05, 3.63) is 97.1 Å². The lowest BCUT2D eigenvalue weighted by molar-refractivity contribution is 1.16. The van der Waals surface area contributed by atoms with Gasteiger partial charge in [-0.2, -0.15) is 0 Å². The lowest BCUT2D eigenvalue weighted by atomic mass is 9.34. The third-order valence-electron chi connectivity index (χ3n) is 8.87. The molecule has 0 saturated heterocycles. The number of para-hydroxylation sites is 3. The van der Waals surface area contributed by atoms with Gasteiger partial charge in [0.25, 0.3) is 6.71 Å². The number of rotatable bonds is 1. The van der Waals surface area contributed by atoms with Crippen LogP contribution in [0.5, 0.6) is 0 Å². The third kappa shape index (κ3) is 2.29. The minimum atomic E-state index is -1.49. The maximum Gasteiger partial charge on any atom is 0.252 e. The highest BCUT2D eigenvalue weighted by atomic mass is 28.3. The molecule has 2 nitrogen and oxygen atoms in total. The van der Waals surface area contributed by atoms with Crippen LogP contribution in [-0.2, 0) is 0 Å². The molecular weight excluding hydrogens is 463 g/mol. The summed E-state index contributed by atoms with van der Waals surface area (Å²) in [6, 6.07) is 36.9. The largest absolute Gasteiger partial charge is 0.310 e. The lowest BCUT2D eigenvalue weighted by Crippen LogP contribution is -2.59. The van der Waals surface area contributed by atoms with Crippen LogP contribution in [0.4, 0.5) is 0 Å². The van der Waals surface area contributed by atoms with Crippen LogP contribution in [0, 0.1) is 0 Å². The maximum atomic E-state index is 2.58. The van der Waals surface area contributed by atoms with E-state index in [2.05, 4.69) is 126 Å². The molecule has 2 aliphatic heterocycles. The second-order valence-corrected chi connectivity index (χ2v) is 16.9. The summed E-state index contributed by atoms with van der Waals surface area (Å²) in [7, 11) is -1.49. The van der Waals surface area contributed by atoms with Crippen molar-refractivity contribution in [3.63, 3.8) is 0 Å². The quantitative estimate of drug-likeness (QED) is 0.268. The van der Waals surface area contributed by atoms with E-state index in [1.165, 1.54) is 76.6 Å². The molecule has 0 N–H and O–H groups in total. The molecule has 0 bridgehead atoms. The Bertz CT molecular complexity index is 2140. The van der Waals surface area contributed by atoms with Crippen molar-refractivity contribution in [3.8, 4) is 11.4 Å². The fourth-order valence-corrected chi connectivity index (χ4v) is 8.41. The Morgan fingerprint density at radius 3 is 1.92 bits per heavy atom. The van der Waals surface area contributed by atoms with E-state index in [-0.39, 0.29) is 6.71 Å². The second kappa shape index (κ2) is 6.45. The van der Waals surface area contributed by atoms with Crippen LogP contribution in [0.1, 0.15) is 0 Å². The molecule has 2 aliphatic rings. The topological polar surface area (TPSA) is 9.86 Å². The smallest absolute Gasteiger partial charge is 0.252 e. The molecule has 0 amide bonds. The van der Waals surface area contributed by atoms with Crippen LogP contribution < -0.4 is 21.6 Å². The Morgan fingerprint density at radius 2 is 1.19 bits per heavy atom. The van der Waals surface area contributed by atoms with Crippen LogP contribution in [0.15, 0.2) is 97.1 Å². The molecule has 37 heavy (non-hydrogen) atoms. The van der Waals surface area contributed by atoms with E-state index in [4.69, 9.17) is 0 Å². The van der Waals surface area contributed by atoms with Gasteiger partial charge in [0.2, 0.25) is 0 Å². The lowest BCUT2D eigenvalue weighted by Gasteiger charge is -2.34. The van der Waals surface area contributed by atoms with E-state index < -0.39 is 8.07 Å². The predicted molar refractivity (Wildman–Crippen MR) is 163 cm³/mol. The van der Waals surface area contributed by atoms with Crippen LogP contribution in [0.2, 0.25) is 19.6 Å². The van der Waals surface area contributed by atoms with E-state index in [1.807, 2.05) is 0 Å². The summed E-state index contributed by atoms with van der Waals surface area (Å²) in [5, 5.41) is 6.90. The predicted octanol–water partition coefficient (Wildman–Crippen LogP) is 5.57. The average molecular weight is 488 g/mol. The van der Waals surface area contributed by atoms with Crippen molar-refractivity contribution in [2.24, 2.45) is 0 Å². The molecule has 0 aliphatic carbocycles. The van der Waals surface area contributed by atoms with Crippen molar-refractivity contribution in [2.75, 3.05) is 0 Å². The van der Waals surface area contributed by atoms with E-state index in [1.54, 1.807) is 0 Å². The van der Waals surface area contributed by atoms with Crippen molar-refractivity contribution in [1.29, 1.82) is 0 Å². The number of fused-ring (bicyclic) bond motifs is 11. The van der Waals surface area contributed by atoms with Crippen molar-refractivity contribution < 1.29 is 0 Å². The van der Waals surface area contributed by atoms with Crippen LogP contribution in [0.25, 0.3) is 55.0 Å². The van der Waals surface area contributed by atoms with Gasteiger partial charge in [-0.1, -0.05) is 97.6 Å². The highest BCUT2D eigenvalue weighted by molar-refractivity contribution is 7.00. The fourth-order valence-electron chi connectivity index (χ4n) is 7.26. The Hall–Kier alpha value is -4.02. The molecule has 9 rings (SSSR count). The highest BCUT2D eigenvalue weighted by Crippen LogP contribution is 2.39. The van der Waals surface area contributed by atoms with Gasteiger partial charge in [-0.3, -0.25) is 0 Å². The molecule has 4 heterocycles. The van der Waals surface area contributed by atoms with Crippen molar-refractivity contribution in [1.82, 2.24) is 9.13 Å². The molecule has 0 spiro atoms. The zero-order valence-corrected chi connectivity index (χ0v) is 22.2. The standard InChI is InChI=1S/C33H25BN2Si/c1-37(2,3)20-15-17-25-30(19-20)36-28-14-7-5-10-22(28)24-16-18-29-31(33(24)36)34(25)26-12-8-11-23-21-9-4-6-13-27(21)35(29)32(23)26/h4-19H,1-3H3. The van der Waals surface area contributed by atoms with Gasteiger partial charge in [0.1, 0.15) is 0 Å². The molecule has 0 saturated carbocycles. The van der Waals surface area contributed by atoms with E-state index in [0.29, 0.717) is 0 Å². The monoisotopic (exact) mass is 488 g/mol. The van der Waals surface area contributed by atoms with Gasteiger partial charge in [0.05, 0.1) is 24.6 Å². The summed E-state index contributed by atoms with van der Waals surface area (Å²) >= 11 is 0. The van der Waals surface area contributed by atoms with Crippen LogP contribution in [0.3, 0.4) is 0 Å². The summed E-state index contributed by atoms with van der Waals surface area (Å²) < 4.78 is 5.12. The zero-order valence-electron chi connectivity index (χ0n) is 21.2. The molecule has 174 valence electrons. The van der Waals surface area contributed by atoms with Gasteiger partial charge in [-0.25, -0.2) is 0 Å². The number of hydrogen-bond acceptors (Lipinski definition) is 0. The Kier molecular flexibility index (Phi) is 3.50. The fraction of sp³-hybridized carbons (Fsp3) is 0.0909. The number of aromatic nitrogens is 2. The Morgan fingerprint density at radius 1 is 0.541 bits per heavy atom. The Labute approximate surface area is 216 Å². The molecule has 4 heteroatoms. The van der Waals surface area contributed by atoms with E-state index in [0.717, 1.165) is 0 Å². The van der Waals surface area contributed by atoms with Gasteiger partial charge in [-0.05, 0) is 40.7 Å². The first-order valence-corrected chi connectivity index (χ1v) is 16.8. The van der Waals surface area contributed by atoms with Crippen molar-refractivity contribution in [2.45, 2.75) is 19.6 Å². The van der Waals surface area contributed by atoms with E-state index in [9.17, 15) is 0 Å². The minimum absolute atomic E-state index is 0.224. The summed E-state index contributed by atoms with van der Waals surface area (Å²) in [5.41, 5.74) is 12.3. The number of hydrogen-bond donors (Lipinski definition) is 0. The van der Waals surface area contributed by atoms with Crippen molar-refractivity contribution >= 4 is 80.0 Å². The second-order valence-electron chi connectivity index (χ2n) is 11.8. The Balaban J connectivity index is 1.56. The van der Waals surface area contributed by atoms with Crippen LogP contribution >= 0.6 is 0 Å². The van der Waals surface area contributed by atoms with Gasteiger partial charge in [0, 0.05) is 38.4 Å².